The topological polar surface area (TPSA) is 59.8 Å². The number of nitrogens with one attached hydrogen (secondary N) is 1. The Morgan fingerprint density at radius 3 is 2.82 bits per heavy atom. The average Bonchev–Trinajstić information content (AvgIpc) is 3.22. The van der Waals surface area contributed by atoms with Gasteiger partial charge in [0.1, 0.15) is 5.82 Å². The largest absolute Gasteiger partial charge is 0.310 e. The van der Waals surface area contributed by atoms with E-state index >= 15 is 0 Å². The summed E-state index contributed by atoms with van der Waals surface area (Å²) in [4.78, 5) is 17.2. The van der Waals surface area contributed by atoms with Crippen molar-refractivity contribution in [1.29, 1.82) is 0 Å². The number of aromatic nitrogens is 3. The van der Waals surface area contributed by atoms with Gasteiger partial charge in [-0.05, 0) is 42.8 Å². The van der Waals surface area contributed by atoms with Crippen molar-refractivity contribution in [1.82, 2.24) is 14.8 Å². The fourth-order valence-corrected chi connectivity index (χ4v) is 5.24. The van der Waals surface area contributed by atoms with Crippen molar-refractivity contribution >= 4 is 60.8 Å². The molecule has 8 heteroatoms. The van der Waals surface area contributed by atoms with Gasteiger partial charge < -0.3 is 5.32 Å². The standard InChI is InChI=1S/C20H14BrClN4OS/c1-10-18-14(11-2-5-13(22)6-3-11)9-17(27)24-19(18)26(25-10)20-23-15-7-4-12(21)8-16(15)28-20/h2-8,14H,9H2,1H3,(H,24,27)/t14-/m0/s1. The molecule has 140 valence electrons. The van der Waals surface area contributed by atoms with Crippen molar-refractivity contribution in [3.63, 3.8) is 0 Å². The first-order valence-electron chi connectivity index (χ1n) is 8.71. The molecule has 4 aromatic rings. The van der Waals surface area contributed by atoms with Gasteiger partial charge in [0.25, 0.3) is 0 Å². The molecule has 5 nitrogen and oxygen atoms in total. The minimum absolute atomic E-state index is 0.0301. The Morgan fingerprint density at radius 2 is 2.04 bits per heavy atom. The Labute approximate surface area is 178 Å². The minimum Gasteiger partial charge on any atom is -0.310 e. The number of nitrogens with zero attached hydrogens (tertiary/aromatic N) is 3. The monoisotopic (exact) mass is 472 g/mol. The molecule has 1 aliphatic rings. The Kier molecular flexibility index (Phi) is 4.26. The van der Waals surface area contributed by atoms with Crippen molar-refractivity contribution in [3.05, 3.63) is 68.8 Å². The summed E-state index contributed by atoms with van der Waals surface area (Å²) in [7, 11) is 0. The lowest BCUT2D eigenvalue weighted by molar-refractivity contribution is -0.116. The third-order valence-electron chi connectivity index (χ3n) is 4.90. The van der Waals surface area contributed by atoms with Crippen LogP contribution in [0, 0.1) is 6.92 Å². The van der Waals surface area contributed by atoms with Crippen LogP contribution in [0.5, 0.6) is 0 Å². The number of thiazole rings is 1. The Morgan fingerprint density at radius 1 is 1.25 bits per heavy atom. The highest BCUT2D eigenvalue weighted by Gasteiger charge is 2.33. The summed E-state index contributed by atoms with van der Waals surface area (Å²) in [6.07, 6.45) is 0.383. The normalized spacial score (nSPS) is 16.2. The molecule has 2 aromatic heterocycles. The first-order chi connectivity index (χ1) is 13.5. The van der Waals surface area contributed by atoms with Crippen LogP contribution < -0.4 is 5.32 Å². The van der Waals surface area contributed by atoms with E-state index in [0.29, 0.717) is 17.3 Å². The van der Waals surface area contributed by atoms with Crippen LogP contribution in [-0.2, 0) is 4.79 Å². The van der Waals surface area contributed by atoms with Crippen LogP contribution in [0.15, 0.2) is 46.9 Å². The summed E-state index contributed by atoms with van der Waals surface area (Å²) >= 11 is 11.1. The van der Waals surface area contributed by atoms with E-state index in [4.69, 9.17) is 21.7 Å². The molecule has 1 N–H and O–H groups in total. The molecule has 28 heavy (non-hydrogen) atoms. The van der Waals surface area contributed by atoms with Gasteiger partial charge >= 0.3 is 0 Å². The molecule has 0 radical (unpaired) electrons. The molecule has 0 fully saturated rings. The predicted molar refractivity (Wildman–Crippen MR) is 116 cm³/mol. The molecule has 1 amide bonds. The Hall–Kier alpha value is -2.22. The molecular weight excluding hydrogens is 460 g/mol. The van der Waals surface area contributed by atoms with E-state index in [0.717, 1.165) is 36.6 Å². The summed E-state index contributed by atoms with van der Waals surface area (Å²) in [6.45, 7) is 1.97. The van der Waals surface area contributed by atoms with E-state index in [1.54, 1.807) is 16.0 Å². The molecule has 2 aromatic carbocycles. The van der Waals surface area contributed by atoms with E-state index in [2.05, 4.69) is 21.2 Å². The maximum atomic E-state index is 12.5. The summed E-state index contributed by atoms with van der Waals surface area (Å²) in [5, 5.41) is 9.14. The number of halogens is 2. The molecule has 0 spiro atoms. The molecule has 0 saturated heterocycles. The van der Waals surface area contributed by atoms with Gasteiger partial charge in [0, 0.05) is 27.4 Å². The zero-order chi connectivity index (χ0) is 19.4. The SMILES string of the molecule is Cc1nn(-c2nc3ccc(Br)cc3s2)c2c1[C@H](c1ccc(Cl)cc1)CC(=O)N2. The summed E-state index contributed by atoms with van der Waals surface area (Å²) in [6, 6.07) is 13.6. The Bertz CT molecular complexity index is 1230. The van der Waals surface area contributed by atoms with Gasteiger partial charge in [0.05, 0.1) is 15.9 Å². The number of hydrogen-bond acceptors (Lipinski definition) is 4. The molecular formula is C20H14BrClN4OS. The highest BCUT2D eigenvalue weighted by atomic mass is 79.9. The fourth-order valence-electron chi connectivity index (χ4n) is 3.64. The van der Waals surface area contributed by atoms with E-state index in [9.17, 15) is 4.79 Å². The van der Waals surface area contributed by atoms with E-state index in [1.807, 2.05) is 49.4 Å². The summed E-state index contributed by atoms with van der Waals surface area (Å²) in [5.74, 6) is 0.613. The molecule has 1 aliphatic heterocycles. The highest BCUT2D eigenvalue weighted by molar-refractivity contribution is 9.10. The van der Waals surface area contributed by atoms with Crippen molar-refractivity contribution in [2.24, 2.45) is 0 Å². The number of rotatable bonds is 2. The Balaban J connectivity index is 1.67. The van der Waals surface area contributed by atoms with Crippen LogP contribution in [0.1, 0.15) is 29.2 Å². The molecule has 3 heterocycles. The van der Waals surface area contributed by atoms with Gasteiger partial charge in [-0.15, -0.1) is 0 Å². The lowest BCUT2D eigenvalue weighted by Crippen LogP contribution is -2.24. The van der Waals surface area contributed by atoms with Gasteiger partial charge in [-0.25, -0.2) is 4.98 Å². The molecule has 0 saturated carbocycles. The number of hydrogen-bond donors (Lipinski definition) is 1. The van der Waals surface area contributed by atoms with Crippen LogP contribution in [0.3, 0.4) is 0 Å². The van der Waals surface area contributed by atoms with Gasteiger partial charge in [-0.3, -0.25) is 4.79 Å². The number of aryl methyl sites for hydroxylation is 1. The van der Waals surface area contributed by atoms with Crippen LogP contribution >= 0.6 is 38.9 Å². The predicted octanol–water partition coefficient (Wildman–Crippen LogP) is 5.68. The van der Waals surface area contributed by atoms with Crippen LogP contribution in [-0.4, -0.2) is 20.7 Å². The van der Waals surface area contributed by atoms with Crippen molar-refractivity contribution < 1.29 is 4.79 Å². The zero-order valence-electron chi connectivity index (χ0n) is 14.7. The molecule has 0 aliphatic carbocycles. The second-order valence-corrected chi connectivity index (χ2v) is 9.09. The van der Waals surface area contributed by atoms with E-state index in [1.165, 1.54) is 0 Å². The van der Waals surface area contributed by atoms with Crippen molar-refractivity contribution in [2.75, 3.05) is 5.32 Å². The van der Waals surface area contributed by atoms with Gasteiger partial charge in [-0.1, -0.05) is 51.0 Å². The quantitative estimate of drug-likeness (QED) is 0.407. The molecule has 0 unspecified atom stereocenters. The second kappa shape index (κ2) is 6.69. The van der Waals surface area contributed by atoms with E-state index in [-0.39, 0.29) is 11.8 Å². The van der Waals surface area contributed by atoms with Crippen LogP contribution in [0.25, 0.3) is 15.3 Å². The molecule has 1 atom stereocenters. The summed E-state index contributed by atoms with van der Waals surface area (Å²) < 4.78 is 3.82. The van der Waals surface area contributed by atoms with Gasteiger partial charge in [0.15, 0.2) is 0 Å². The first-order valence-corrected chi connectivity index (χ1v) is 10.7. The maximum Gasteiger partial charge on any atom is 0.226 e. The van der Waals surface area contributed by atoms with Crippen LogP contribution in [0.4, 0.5) is 5.82 Å². The lowest BCUT2D eigenvalue weighted by Gasteiger charge is -2.24. The summed E-state index contributed by atoms with van der Waals surface area (Å²) in [5.41, 5.74) is 3.87. The fraction of sp³-hybridized carbons (Fsp3) is 0.150. The average molecular weight is 474 g/mol. The maximum absolute atomic E-state index is 12.5. The number of anilines is 1. The van der Waals surface area contributed by atoms with E-state index < -0.39 is 0 Å². The number of amides is 1. The molecule has 0 bridgehead atoms. The minimum atomic E-state index is -0.0571. The van der Waals surface area contributed by atoms with Crippen LogP contribution in [0.2, 0.25) is 5.02 Å². The second-order valence-electron chi connectivity index (χ2n) is 6.72. The first kappa shape index (κ1) is 17.8. The van der Waals surface area contributed by atoms with Gasteiger partial charge in [0.2, 0.25) is 11.0 Å². The third-order valence-corrected chi connectivity index (χ3v) is 6.63. The number of carbonyl (C=O) groups excluding carboxylic acids is 1. The van der Waals surface area contributed by atoms with Crippen molar-refractivity contribution in [3.8, 4) is 5.13 Å². The smallest absolute Gasteiger partial charge is 0.226 e. The number of benzene rings is 2. The number of carbonyl (C=O) groups is 1. The lowest BCUT2D eigenvalue weighted by atomic mass is 9.86. The molecule has 5 rings (SSSR count). The van der Waals surface area contributed by atoms with Crippen molar-refractivity contribution in [2.45, 2.75) is 19.3 Å². The van der Waals surface area contributed by atoms with Gasteiger partial charge in [-0.2, -0.15) is 9.78 Å². The zero-order valence-corrected chi connectivity index (χ0v) is 17.9. The third kappa shape index (κ3) is 2.94. The number of fused-ring (bicyclic) bond motifs is 2. The highest BCUT2D eigenvalue weighted by Crippen LogP contribution is 2.41.